The smallest absolute Gasteiger partial charge is 0.270 e. The van der Waals surface area contributed by atoms with Crippen LogP contribution in [0, 0.1) is 5.82 Å². The van der Waals surface area contributed by atoms with Crippen molar-refractivity contribution in [2.24, 2.45) is 0 Å². The second-order valence-electron chi connectivity index (χ2n) is 5.35. The summed E-state index contributed by atoms with van der Waals surface area (Å²) in [6, 6.07) is 10.1. The molecular weight excluding hydrogens is 295 g/mol. The summed E-state index contributed by atoms with van der Waals surface area (Å²) in [4.78, 5) is 14.5. The van der Waals surface area contributed by atoms with E-state index in [0.717, 1.165) is 5.52 Å². The highest BCUT2D eigenvalue weighted by Gasteiger charge is 2.21. The van der Waals surface area contributed by atoms with Gasteiger partial charge in [0.15, 0.2) is 5.58 Å². The lowest BCUT2D eigenvalue weighted by Crippen LogP contribution is -2.32. The molecule has 0 aliphatic heterocycles. The molecule has 1 aromatic carbocycles. The van der Waals surface area contributed by atoms with Gasteiger partial charge in [-0.25, -0.2) is 4.39 Å². The van der Waals surface area contributed by atoms with Crippen LogP contribution < -0.4 is 0 Å². The van der Waals surface area contributed by atoms with Gasteiger partial charge >= 0.3 is 0 Å². The summed E-state index contributed by atoms with van der Waals surface area (Å²) in [5.41, 5.74) is 2.49. The summed E-state index contributed by atoms with van der Waals surface area (Å²) in [5.74, 6) is -0.350. The number of hydrogen-bond acceptors (Lipinski definition) is 2. The Bertz CT molecular complexity index is 831. The molecular formula is C18H19FN2O2. The summed E-state index contributed by atoms with van der Waals surface area (Å²) in [7, 11) is 0. The van der Waals surface area contributed by atoms with Crippen LogP contribution in [0.2, 0.25) is 0 Å². The molecule has 2 heterocycles. The minimum absolute atomic E-state index is 0.0715. The molecule has 0 aliphatic carbocycles. The van der Waals surface area contributed by atoms with Gasteiger partial charge in [-0.05, 0) is 19.9 Å². The number of benzene rings is 1. The van der Waals surface area contributed by atoms with E-state index in [1.807, 2.05) is 18.4 Å². The zero-order chi connectivity index (χ0) is 16.4. The number of carbonyl (C=O) groups is 1. The lowest BCUT2D eigenvalue weighted by atomic mass is 10.2. The molecule has 4 nitrogen and oxygen atoms in total. The minimum Gasteiger partial charge on any atom is -0.463 e. The first kappa shape index (κ1) is 15.3. The van der Waals surface area contributed by atoms with Crippen LogP contribution in [-0.4, -0.2) is 28.5 Å². The van der Waals surface area contributed by atoms with Crippen molar-refractivity contribution in [3.8, 4) is 0 Å². The largest absolute Gasteiger partial charge is 0.463 e. The number of rotatable bonds is 5. The van der Waals surface area contributed by atoms with E-state index < -0.39 is 0 Å². The van der Waals surface area contributed by atoms with E-state index >= 15 is 0 Å². The van der Waals surface area contributed by atoms with Gasteiger partial charge in [0.1, 0.15) is 11.5 Å². The molecule has 0 saturated carbocycles. The Morgan fingerprint density at radius 3 is 2.65 bits per heavy atom. The fourth-order valence-corrected chi connectivity index (χ4v) is 2.79. The molecule has 0 atom stereocenters. The molecule has 3 rings (SSSR count). The molecule has 0 N–H and O–H groups in total. The monoisotopic (exact) mass is 314 g/mol. The predicted molar refractivity (Wildman–Crippen MR) is 87.0 cm³/mol. The van der Waals surface area contributed by atoms with E-state index in [2.05, 4.69) is 0 Å². The first-order valence-electron chi connectivity index (χ1n) is 7.75. The Morgan fingerprint density at radius 2 is 1.96 bits per heavy atom. The number of halogens is 1. The lowest BCUT2D eigenvalue weighted by molar-refractivity contribution is 0.0763. The molecule has 0 spiro atoms. The maximum Gasteiger partial charge on any atom is 0.270 e. The zero-order valence-corrected chi connectivity index (χ0v) is 13.3. The SMILES string of the molecule is CCN(CC)C(=O)c1cc2occc2n1Cc1ccccc1F. The van der Waals surface area contributed by atoms with Crippen LogP contribution in [0.3, 0.4) is 0 Å². The quantitative estimate of drug-likeness (QED) is 0.716. The number of furan rings is 1. The molecule has 0 unspecified atom stereocenters. The maximum absolute atomic E-state index is 14.0. The van der Waals surface area contributed by atoms with Gasteiger partial charge in [-0.2, -0.15) is 0 Å². The highest BCUT2D eigenvalue weighted by molar-refractivity contribution is 5.97. The molecule has 2 aromatic heterocycles. The molecule has 23 heavy (non-hydrogen) atoms. The van der Waals surface area contributed by atoms with E-state index in [4.69, 9.17) is 4.42 Å². The molecule has 0 aliphatic rings. The van der Waals surface area contributed by atoms with Crippen molar-refractivity contribution >= 4 is 17.0 Å². The second kappa shape index (κ2) is 6.28. The Kier molecular flexibility index (Phi) is 4.19. The van der Waals surface area contributed by atoms with Crippen LogP contribution in [0.5, 0.6) is 0 Å². The summed E-state index contributed by atoms with van der Waals surface area (Å²) in [6.07, 6.45) is 1.58. The van der Waals surface area contributed by atoms with Gasteiger partial charge in [0.05, 0.1) is 18.3 Å². The zero-order valence-electron chi connectivity index (χ0n) is 13.3. The summed E-state index contributed by atoms with van der Waals surface area (Å²) in [6.45, 7) is 5.42. The third-order valence-electron chi connectivity index (χ3n) is 4.08. The van der Waals surface area contributed by atoms with Crippen molar-refractivity contribution < 1.29 is 13.6 Å². The van der Waals surface area contributed by atoms with Gasteiger partial charge in [0.25, 0.3) is 5.91 Å². The van der Waals surface area contributed by atoms with Gasteiger partial charge < -0.3 is 13.9 Å². The molecule has 0 fully saturated rings. The number of nitrogens with zero attached hydrogens (tertiary/aromatic N) is 2. The molecule has 120 valence electrons. The normalized spacial score (nSPS) is 11.1. The molecule has 0 radical (unpaired) electrons. The van der Waals surface area contributed by atoms with Crippen LogP contribution in [0.1, 0.15) is 29.9 Å². The van der Waals surface area contributed by atoms with Crippen molar-refractivity contribution in [3.05, 3.63) is 59.7 Å². The number of hydrogen-bond donors (Lipinski definition) is 0. The van der Waals surface area contributed by atoms with Crippen molar-refractivity contribution in [1.82, 2.24) is 9.47 Å². The van der Waals surface area contributed by atoms with E-state index in [9.17, 15) is 9.18 Å². The molecule has 5 heteroatoms. The predicted octanol–water partition coefficient (Wildman–Crippen LogP) is 3.90. The van der Waals surface area contributed by atoms with Crippen molar-refractivity contribution in [3.63, 3.8) is 0 Å². The lowest BCUT2D eigenvalue weighted by Gasteiger charge is -2.20. The minimum atomic E-state index is -0.279. The fraction of sp³-hybridized carbons (Fsp3) is 0.278. The van der Waals surface area contributed by atoms with E-state index in [1.165, 1.54) is 6.07 Å². The number of carbonyl (C=O) groups excluding carboxylic acids is 1. The molecule has 0 saturated heterocycles. The van der Waals surface area contributed by atoms with Gasteiger partial charge in [0, 0.05) is 30.8 Å². The first-order chi connectivity index (χ1) is 11.2. The summed E-state index contributed by atoms with van der Waals surface area (Å²) in [5, 5.41) is 0. The second-order valence-corrected chi connectivity index (χ2v) is 5.35. The Morgan fingerprint density at radius 1 is 1.22 bits per heavy atom. The standard InChI is InChI=1S/C18H19FN2O2/c1-3-20(4-2)18(22)16-11-17-15(9-10-23-17)21(16)12-13-7-5-6-8-14(13)19/h5-11H,3-4,12H2,1-2H3. The van der Waals surface area contributed by atoms with Gasteiger partial charge in [-0.3, -0.25) is 4.79 Å². The Labute approximate surface area is 134 Å². The van der Waals surface area contributed by atoms with Gasteiger partial charge in [-0.15, -0.1) is 0 Å². The number of aromatic nitrogens is 1. The van der Waals surface area contributed by atoms with Gasteiger partial charge in [0.2, 0.25) is 0 Å². The van der Waals surface area contributed by atoms with Crippen LogP contribution in [0.25, 0.3) is 11.1 Å². The van der Waals surface area contributed by atoms with Gasteiger partial charge in [-0.1, -0.05) is 18.2 Å². The van der Waals surface area contributed by atoms with Crippen LogP contribution in [0.15, 0.2) is 47.1 Å². The highest BCUT2D eigenvalue weighted by Crippen LogP contribution is 2.24. The maximum atomic E-state index is 14.0. The van der Waals surface area contributed by atoms with Crippen molar-refractivity contribution in [1.29, 1.82) is 0 Å². The molecule has 0 bridgehead atoms. The van der Waals surface area contributed by atoms with Crippen LogP contribution >= 0.6 is 0 Å². The number of fused-ring (bicyclic) bond motifs is 1. The average molecular weight is 314 g/mol. The topological polar surface area (TPSA) is 38.4 Å². The Balaban J connectivity index is 2.07. The highest BCUT2D eigenvalue weighted by atomic mass is 19.1. The summed E-state index contributed by atoms with van der Waals surface area (Å²) >= 11 is 0. The Hall–Kier alpha value is -2.56. The van der Waals surface area contributed by atoms with Crippen molar-refractivity contribution in [2.75, 3.05) is 13.1 Å². The van der Waals surface area contributed by atoms with Crippen molar-refractivity contribution in [2.45, 2.75) is 20.4 Å². The first-order valence-corrected chi connectivity index (χ1v) is 7.75. The third-order valence-corrected chi connectivity index (χ3v) is 4.08. The number of amides is 1. The average Bonchev–Trinajstić information content (AvgIpc) is 3.13. The van der Waals surface area contributed by atoms with E-state index in [1.54, 1.807) is 41.5 Å². The van der Waals surface area contributed by atoms with Crippen LogP contribution in [0.4, 0.5) is 4.39 Å². The van der Waals surface area contributed by atoms with E-state index in [-0.39, 0.29) is 18.3 Å². The molecule has 3 aromatic rings. The molecule has 1 amide bonds. The van der Waals surface area contributed by atoms with Crippen LogP contribution in [-0.2, 0) is 6.54 Å². The van der Waals surface area contributed by atoms with E-state index in [0.29, 0.717) is 29.9 Å². The summed E-state index contributed by atoms with van der Waals surface area (Å²) < 4.78 is 21.2. The third kappa shape index (κ3) is 2.74. The fourth-order valence-electron chi connectivity index (χ4n) is 2.79.